The summed E-state index contributed by atoms with van der Waals surface area (Å²) in [5.41, 5.74) is 7.63. The van der Waals surface area contributed by atoms with Gasteiger partial charge in [0.2, 0.25) is 0 Å². The predicted octanol–water partition coefficient (Wildman–Crippen LogP) is 2.66. The van der Waals surface area contributed by atoms with Gasteiger partial charge in [0, 0.05) is 11.1 Å². The van der Waals surface area contributed by atoms with Crippen LogP contribution in [0, 0.1) is 0 Å². The zero-order chi connectivity index (χ0) is 12.6. The molecule has 0 aromatic heterocycles. The van der Waals surface area contributed by atoms with Gasteiger partial charge in [0.15, 0.2) is 11.5 Å². The molecule has 1 fully saturated rings. The first-order valence-electron chi connectivity index (χ1n) is 6.51. The Morgan fingerprint density at radius 2 is 1.89 bits per heavy atom. The average molecular weight is 251 g/mol. The highest BCUT2D eigenvalue weighted by molar-refractivity contribution is 5.53. The Bertz CT molecular complexity index is 455. The second-order valence-corrected chi connectivity index (χ2v) is 5.16. The molecule has 1 heterocycles. The third-order valence-corrected chi connectivity index (χ3v) is 3.89. The van der Waals surface area contributed by atoms with E-state index in [0.29, 0.717) is 24.5 Å². The number of rotatable bonds is 2. The summed E-state index contributed by atoms with van der Waals surface area (Å²) in [6, 6.07) is 3.56. The minimum Gasteiger partial charge on any atom is -0.486 e. The molecule has 1 aromatic rings. The van der Waals surface area contributed by atoms with Crippen LogP contribution < -0.4 is 15.2 Å². The molecule has 0 spiro atoms. The molecule has 0 unspecified atom stereocenters. The fraction of sp³-hybridized carbons (Fsp3) is 0.571. The number of hydrogen-bond acceptors (Lipinski definition) is 3. The van der Waals surface area contributed by atoms with Gasteiger partial charge in [0.25, 0.3) is 0 Å². The Morgan fingerprint density at radius 3 is 2.61 bits per heavy atom. The molecule has 0 amide bonds. The fourth-order valence-electron chi connectivity index (χ4n) is 2.93. The molecule has 1 saturated carbocycles. The van der Waals surface area contributed by atoms with Crippen LogP contribution in [0.3, 0.4) is 0 Å². The zero-order valence-electron chi connectivity index (χ0n) is 10.4. The predicted molar refractivity (Wildman–Crippen MR) is 66.6 cm³/mol. The molecule has 0 saturated heterocycles. The van der Waals surface area contributed by atoms with Crippen LogP contribution in [-0.4, -0.2) is 13.2 Å². The van der Waals surface area contributed by atoms with Crippen LogP contribution in [-0.2, 0) is 12.2 Å². The van der Waals surface area contributed by atoms with Crippen molar-refractivity contribution in [2.75, 3.05) is 13.2 Å². The Morgan fingerprint density at radius 1 is 1.17 bits per heavy atom. The summed E-state index contributed by atoms with van der Waals surface area (Å²) in [6.07, 6.45) is 4.09. The number of ether oxygens (including phenoxy) is 2. The van der Waals surface area contributed by atoms with Crippen LogP contribution in [0.2, 0.25) is 0 Å². The smallest absolute Gasteiger partial charge is 0.166 e. The normalized spacial score (nSPS) is 21.0. The maximum absolute atomic E-state index is 12.9. The first kappa shape index (κ1) is 11.8. The van der Waals surface area contributed by atoms with Crippen LogP contribution in [0.15, 0.2) is 12.1 Å². The summed E-state index contributed by atoms with van der Waals surface area (Å²) < 4.78 is 24.2. The van der Waals surface area contributed by atoms with Crippen molar-refractivity contribution in [3.05, 3.63) is 23.3 Å². The zero-order valence-corrected chi connectivity index (χ0v) is 10.4. The van der Waals surface area contributed by atoms with E-state index in [0.717, 1.165) is 37.0 Å². The van der Waals surface area contributed by atoms with Gasteiger partial charge >= 0.3 is 0 Å². The van der Waals surface area contributed by atoms with E-state index in [-0.39, 0.29) is 5.54 Å². The minimum atomic E-state index is -0.500. The summed E-state index contributed by atoms with van der Waals surface area (Å²) in [5, 5.41) is 0. The highest BCUT2D eigenvalue weighted by Gasteiger charge is 2.36. The molecule has 0 radical (unpaired) electrons. The Balaban J connectivity index is 2.11. The second kappa shape index (κ2) is 4.43. The van der Waals surface area contributed by atoms with Crippen molar-refractivity contribution in [1.82, 2.24) is 0 Å². The summed E-state index contributed by atoms with van der Waals surface area (Å²) in [6.45, 7) is 0.546. The molecule has 2 aliphatic rings. The van der Waals surface area contributed by atoms with Gasteiger partial charge in [0.05, 0.1) is 0 Å². The Kier molecular flexibility index (Phi) is 2.90. The third-order valence-electron chi connectivity index (χ3n) is 3.89. The number of nitrogens with two attached hydrogens (primary N) is 1. The van der Waals surface area contributed by atoms with E-state index in [9.17, 15) is 4.39 Å². The summed E-state index contributed by atoms with van der Waals surface area (Å²) in [7, 11) is 0. The Hall–Kier alpha value is -1.29. The van der Waals surface area contributed by atoms with Crippen molar-refractivity contribution in [3.8, 4) is 11.5 Å². The molecule has 0 atom stereocenters. The number of halogens is 1. The SMILES string of the molecule is NC1(c2cc(CF)cc3c2OCCO3)CCCC1. The molecular weight excluding hydrogens is 233 g/mol. The van der Waals surface area contributed by atoms with Crippen molar-refractivity contribution >= 4 is 0 Å². The number of alkyl halides is 1. The van der Waals surface area contributed by atoms with Crippen molar-refractivity contribution < 1.29 is 13.9 Å². The number of hydrogen-bond donors (Lipinski definition) is 1. The lowest BCUT2D eigenvalue weighted by molar-refractivity contribution is 0.166. The molecule has 1 aliphatic carbocycles. The molecule has 3 nitrogen and oxygen atoms in total. The number of benzene rings is 1. The molecule has 4 heteroatoms. The van der Waals surface area contributed by atoms with E-state index in [1.165, 1.54) is 0 Å². The molecule has 2 N–H and O–H groups in total. The lowest BCUT2D eigenvalue weighted by Crippen LogP contribution is -2.34. The van der Waals surface area contributed by atoms with Gasteiger partial charge in [0.1, 0.15) is 19.9 Å². The highest BCUT2D eigenvalue weighted by Crippen LogP contribution is 2.46. The lowest BCUT2D eigenvalue weighted by Gasteiger charge is -2.30. The molecular formula is C14H18FNO2. The standard InChI is InChI=1S/C14H18FNO2/c15-9-10-7-11(14(16)3-1-2-4-14)13-12(8-10)17-5-6-18-13/h7-8H,1-6,9,16H2. The fourth-order valence-corrected chi connectivity index (χ4v) is 2.93. The van der Waals surface area contributed by atoms with Gasteiger partial charge < -0.3 is 15.2 Å². The summed E-state index contributed by atoms with van der Waals surface area (Å²) >= 11 is 0. The van der Waals surface area contributed by atoms with Crippen molar-refractivity contribution in [2.24, 2.45) is 5.73 Å². The average Bonchev–Trinajstić information content (AvgIpc) is 2.85. The molecule has 18 heavy (non-hydrogen) atoms. The van der Waals surface area contributed by atoms with E-state index in [4.69, 9.17) is 15.2 Å². The molecule has 0 bridgehead atoms. The van der Waals surface area contributed by atoms with Crippen LogP contribution in [0.4, 0.5) is 4.39 Å². The third kappa shape index (κ3) is 1.85. The van der Waals surface area contributed by atoms with Gasteiger partial charge in [-0.2, -0.15) is 0 Å². The molecule has 98 valence electrons. The van der Waals surface area contributed by atoms with Crippen molar-refractivity contribution in [2.45, 2.75) is 37.9 Å². The topological polar surface area (TPSA) is 44.5 Å². The summed E-state index contributed by atoms with van der Waals surface area (Å²) in [4.78, 5) is 0. The van der Waals surface area contributed by atoms with Crippen molar-refractivity contribution in [3.63, 3.8) is 0 Å². The number of fused-ring (bicyclic) bond motifs is 1. The Labute approximate surface area is 106 Å². The largest absolute Gasteiger partial charge is 0.486 e. The first-order valence-corrected chi connectivity index (χ1v) is 6.51. The van der Waals surface area contributed by atoms with Crippen LogP contribution in [0.5, 0.6) is 11.5 Å². The van der Waals surface area contributed by atoms with Gasteiger partial charge in [-0.25, -0.2) is 4.39 Å². The van der Waals surface area contributed by atoms with E-state index < -0.39 is 6.67 Å². The van der Waals surface area contributed by atoms with Gasteiger partial charge in [-0.3, -0.25) is 0 Å². The van der Waals surface area contributed by atoms with E-state index in [1.54, 1.807) is 6.07 Å². The van der Waals surface area contributed by atoms with Gasteiger partial charge in [-0.05, 0) is 30.5 Å². The van der Waals surface area contributed by atoms with Crippen LogP contribution >= 0.6 is 0 Å². The van der Waals surface area contributed by atoms with Gasteiger partial charge in [-0.15, -0.1) is 0 Å². The molecule has 1 aliphatic heterocycles. The lowest BCUT2D eigenvalue weighted by atomic mass is 9.87. The maximum atomic E-state index is 12.9. The summed E-state index contributed by atoms with van der Waals surface area (Å²) in [5.74, 6) is 1.37. The monoisotopic (exact) mass is 251 g/mol. The maximum Gasteiger partial charge on any atom is 0.166 e. The quantitative estimate of drug-likeness (QED) is 0.878. The van der Waals surface area contributed by atoms with E-state index in [1.807, 2.05) is 6.07 Å². The van der Waals surface area contributed by atoms with Crippen LogP contribution in [0.25, 0.3) is 0 Å². The molecule has 3 rings (SSSR count). The van der Waals surface area contributed by atoms with Crippen molar-refractivity contribution in [1.29, 1.82) is 0 Å². The van der Waals surface area contributed by atoms with Gasteiger partial charge in [-0.1, -0.05) is 12.8 Å². The van der Waals surface area contributed by atoms with E-state index in [2.05, 4.69) is 0 Å². The second-order valence-electron chi connectivity index (χ2n) is 5.16. The molecule has 1 aromatic carbocycles. The minimum absolute atomic E-state index is 0.379. The highest BCUT2D eigenvalue weighted by atomic mass is 19.1. The van der Waals surface area contributed by atoms with Crippen LogP contribution in [0.1, 0.15) is 36.8 Å². The first-order chi connectivity index (χ1) is 8.73. The van der Waals surface area contributed by atoms with E-state index >= 15 is 0 Å².